The highest BCUT2D eigenvalue weighted by Crippen LogP contribution is 2.25. The van der Waals surface area contributed by atoms with E-state index in [4.69, 9.17) is 4.74 Å². The number of ether oxygens (including phenoxy) is 1. The minimum Gasteiger partial charge on any atom is -0.489 e. The maximum atomic E-state index is 12.0. The van der Waals surface area contributed by atoms with Crippen LogP contribution in [0.1, 0.15) is 19.4 Å². The monoisotopic (exact) mass is 244 g/mol. The van der Waals surface area contributed by atoms with Crippen LogP contribution in [0, 0.1) is 0 Å². The zero-order valence-corrected chi connectivity index (χ0v) is 10.6. The Labute approximate surface area is 106 Å². The number of nitrogens with zero attached hydrogens (tertiary/aromatic N) is 1. The molecule has 0 aliphatic carbocycles. The number of hydrogen-bond acceptors (Lipinski definition) is 3. The standard InChI is InChI=1S/C14H16N2O2/c1-3-15-13-12(18-4-2)11(14(17)16-13)10-8-6-5-7-9-10/h5-9H,3-4H2,1-2H3,(H,15,16,17). The maximum absolute atomic E-state index is 12.0. The van der Waals surface area contributed by atoms with Gasteiger partial charge in [-0.15, -0.1) is 0 Å². The first-order valence-corrected chi connectivity index (χ1v) is 6.06. The fraction of sp³-hybridized carbons (Fsp3) is 0.286. The van der Waals surface area contributed by atoms with Crippen LogP contribution in [-0.4, -0.2) is 24.9 Å². The lowest BCUT2D eigenvalue weighted by atomic mass is 10.1. The zero-order valence-electron chi connectivity index (χ0n) is 10.6. The molecule has 1 aliphatic heterocycles. The summed E-state index contributed by atoms with van der Waals surface area (Å²) in [6.07, 6.45) is 0. The smallest absolute Gasteiger partial charge is 0.261 e. The van der Waals surface area contributed by atoms with Gasteiger partial charge in [0.15, 0.2) is 11.6 Å². The van der Waals surface area contributed by atoms with E-state index in [2.05, 4.69) is 10.3 Å². The van der Waals surface area contributed by atoms with E-state index in [-0.39, 0.29) is 5.91 Å². The second kappa shape index (κ2) is 5.49. The molecule has 18 heavy (non-hydrogen) atoms. The topological polar surface area (TPSA) is 50.7 Å². The van der Waals surface area contributed by atoms with Crippen molar-refractivity contribution in [1.82, 2.24) is 5.32 Å². The summed E-state index contributed by atoms with van der Waals surface area (Å²) >= 11 is 0. The Morgan fingerprint density at radius 1 is 1.22 bits per heavy atom. The van der Waals surface area contributed by atoms with Gasteiger partial charge in [-0.3, -0.25) is 9.79 Å². The zero-order chi connectivity index (χ0) is 13.0. The first-order valence-electron chi connectivity index (χ1n) is 6.06. The van der Waals surface area contributed by atoms with Crippen molar-refractivity contribution in [2.24, 2.45) is 4.99 Å². The number of carbonyl (C=O) groups excluding carboxylic acids is 1. The summed E-state index contributed by atoms with van der Waals surface area (Å²) < 4.78 is 5.57. The Morgan fingerprint density at radius 3 is 2.56 bits per heavy atom. The normalized spacial score (nSPS) is 17.2. The first-order chi connectivity index (χ1) is 8.77. The van der Waals surface area contributed by atoms with Crippen LogP contribution in [0.2, 0.25) is 0 Å². The summed E-state index contributed by atoms with van der Waals surface area (Å²) in [6, 6.07) is 9.49. The molecular weight excluding hydrogens is 228 g/mol. The molecule has 0 aromatic heterocycles. The van der Waals surface area contributed by atoms with E-state index in [1.807, 2.05) is 44.2 Å². The molecule has 1 heterocycles. The van der Waals surface area contributed by atoms with Crippen molar-refractivity contribution in [1.29, 1.82) is 0 Å². The lowest BCUT2D eigenvalue weighted by Gasteiger charge is -2.06. The molecule has 1 aliphatic rings. The molecule has 4 heteroatoms. The third-order valence-corrected chi connectivity index (χ3v) is 2.57. The van der Waals surface area contributed by atoms with Crippen molar-refractivity contribution in [3.63, 3.8) is 0 Å². The van der Waals surface area contributed by atoms with Gasteiger partial charge in [-0.1, -0.05) is 30.3 Å². The van der Waals surface area contributed by atoms with Crippen molar-refractivity contribution in [3.8, 4) is 0 Å². The van der Waals surface area contributed by atoms with E-state index in [1.54, 1.807) is 0 Å². The van der Waals surface area contributed by atoms with Crippen LogP contribution >= 0.6 is 0 Å². The van der Waals surface area contributed by atoms with Crippen LogP contribution in [0.3, 0.4) is 0 Å². The van der Waals surface area contributed by atoms with Crippen LogP contribution in [0.15, 0.2) is 41.1 Å². The molecule has 0 fully saturated rings. The van der Waals surface area contributed by atoms with E-state index in [9.17, 15) is 4.79 Å². The van der Waals surface area contributed by atoms with E-state index in [0.29, 0.717) is 30.3 Å². The van der Waals surface area contributed by atoms with Gasteiger partial charge in [0.25, 0.3) is 5.91 Å². The Bertz CT molecular complexity index is 504. The Morgan fingerprint density at radius 2 is 1.94 bits per heavy atom. The number of rotatable bonds is 4. The minimum atomic E-state index is -0.156. The van der Waals surface area contributed by atoms with Crippen LogP contribution in [0.5, 0.6) is 0 Å². The molecule has 1 aromatic carbocycles. The van der Waals surface area contributed by atoms with E-state index in [1.165, 1.54) is 0 Å². The van der Waals surface area contributed by atoms with E-state index in [0.717, 1.165) is 5.56 Å². The van der Waals surface area contributed by atoms with Gasteiger partial charge in [0.2, 0.25) is 0 Å². The molecule has 0 unspecified atom stereocenters. The Kier molecular flexibility index (Phi) is 3.77. The third kappa shape index (κ3) is 2.27. The molecule has 1 aromatic rings. The van der Waals surface area contributed by atoms with E-state index < -0.39 is 0 Å². The molecule has 0 saturated carbocycles. The average Bonchev–Trinajstić information content (AvgIpc) is 2.68. The molecule has 0 saturated heterocycles. The summed E-state index contributed by atoms with van der Waals surface area (Å²) in [5, 5.41) is 2.75. The molecule has 0 bridgehead atoms. The predicted octanol–water partition coefficient (Wildman–Crippen LogP) is 1.98. The van der Waals surface area contributed by atoms with E-state index >= 15 is 0 Å². The van der Waals surface area contributed by atoms with Gasteiger partial charge in [0.1, 0.15) is 0 Å². The van der Waals surface area contributed by atoms with Crippen molar-refractivity contribution in [2.75, 3.05) is 13.2 Å². The quantitative estimate of drug-likeness (QED) is 0.880. The average molecular weight is 244 g/mol. The number of carbonyl (C=O) groups is 1. The molecule has 2 rings (SSSR count). The van der Waals surface area contributed by atoms with Crippen molar-refractivity contribution in [3.05, 3.63) is 41.7 Å². The number of amidine groups is 1. The van der Waals surface area contributed by atoms with Crippen LogP contribution < -0.4 is 5.32 Å². The highest BCUT2D eigenvalue weighted by molar-refractivity contribution is 6.36. The van der Waals surface area contributed by atoms with Gasteiger partial charge < -0.3 is 10.1 Å². The second-order valence-electron chi connectivity index (χ2n) is 3.78. The molecule has 1 amide bonds. The molecular formula is C14H16N2O2. The summed E-state index contributed by atoms with van der Waals surface area (Å²) in [5.41, 5.74) is 1.41. The summed E-state index contributed by atoms with van der Waals surface area (Å²) in [5.74, 6) is 0.926. The van der Waals surface area contributed by atoms with Gasteiger partial charge in [0, 0.05) is 6.54 Å². The van der Waals surface area contributed by atoms with Gasteiger partial charge >= 0.3 is 0 Å². The van der Waals surface area contributed by atoms with Gasteiger partial charge in [0.05, 0.1) is 12.2 Å². The van der Waals surface area contributed by atoms with Crippen molar-refractivity contribution >= 4 is 17.3 Å². The number of benzene rings is 1. The van der Waals surface area contributed by atoms with Crippen LogP contribution in [0.4, 0.5) is 0 Å². The molecule has 0 radical (unpaired) electrons. The minimum absolute atomic E-state index is 0.156. The number of hydrogen-bond donors (Lipinski definition) is 1. The van der Waals surface area contributed by atoms with Gasteiger partial charge in [-0.25, -0.2) is 0 Å². The fourth-order valence-electron chi connectivity index (χ4n) is 1.87. The van der Waals surface area contributed by atoms with Gasteiger partial charge in [-0.05, 0) is 19.4 Å². The maximum Gasteiger partial charge on any atom is 0.261 e. The number of amides is 1. The van der Waals surface area contributed by atoms with Crippen LogP contribution in [0.25, 0.3) is 5.57 Å². The second-order valence-corrected chi connectivity index (χ2v) is 3.78. The molecule has 94 valence electrons. The SMILES string of the molecule is CCN=C1NC(=O)C(c2ccccc2)=C1OCC. The van der Waals surface area contributed by atoms with Gasteiger partial charge in [-0.2, -0.15) is 0 Å². The fourth-order valence-corrected chi connectivity index (χ4v) is 1.87. The Hall–Kier alpha value is -2.10. The molecule has 1 N–H and O–H groups in total. The Balaban J connectivity index is 2.51. The summed E-state index contributed by atoms with van der Waals surface area (Å²) in [6.45, 7) is 4.92. The lowest BCUT2D eigenvalue weighted by molar-refractivity contribution is -0.114. The first kappa shape index (κ1) is 12.4. The molecule has 0 atom stereocenters. The molecule has 0 spiro atoms. The molecule has 4 nitrogen and oxygen atoms in total. The highest BCUT2D eigenvalue weighted by atomic mass is 16.5. The summed E-state index contributed by atoms with van der Waals surface area (Å²) in [7, 11) is 0. The predicted molar refractivity (Wildman–Crippen MR) is 71.1 cm³/mol. The lowest BCUT2D eigenvalue weighted by Crippen LogP contribution is -2.24. The largest absolute Gasteiger partial charge is 0.489 e. The van der Waals surface area contributed by atoms with Crippen molar-refractivity contribution < 1.29 is 9.53 Å². The number of aliphatic imine (C=N–C) groups is 1. The third-order valence-electron chi connectivity index (χ3n) is 2.57. The van der Waals surface area contributed by atoms with Crippen molar-refractivity contribution in [2.45, 2.75) is 13.8 Å². The number of nitrogens with one attached hydrogen (secondary N) is 1. The highest BCUT2D eigenvalue weighted by Gasteiger charge is 2.30. The summed E-state index contributed by atoms with van der Waals surface area (Å²) in [4.78, 5) is 16.3. The van der Waals surface area contributed by atoms with Crippen LogP contribution in [-0.2, 0) is 9.53 Å².